The highest BCUT2D eigenvalue weighted by Gasteiger charge is 2.60. The lowest BCUT2D eigenvalue weighted by atomic mass is 9.43. The summed E-state index contributed by atoms with van der Waals surface area (Å²) in [6, 6.07) is 8.38. The molecule has 2 nitrogen and oxygen atoms in total. The van der Waals surface area contributed by atoms with E-state index in [1.165, 1.54) is 42.1 Å². The predicted molar refractivity (Wildman–Crippen MR) is 105 cm³/mol. The summed E-state index contributed by atoms with van der Waals surface area (Å²) in [6.45, 7) is 7.20. The van der Waals surface area contributed by atoms with E-state index in [1.54, 1.807) is 0 Å². The normalized spacial score (nSPS) is 42.1. The average Bonchev–Trinajstić information content (AvgIpc) is 2.36. The summed E-state index contributed by atoms with van der Waals surface area (Å²) in [6.07, 6.45) is 8.30. The number of aliphatic imine (C=N–C) groups is 1. The van der Waals surface area contributed by atoms with Crippen molar-refractivity contribution in [2.24, 2.45) is 21.7 Å². The van der Waals surface area contributed by atoms with Gasteiger partial charge in [-0.05, 0) is 96.9 Å². The third kappa shape index (κ3) is 2.94. The second-order valence-electron chi connectivity index (χ2n) is 9.18. The van der Waals surface area contributed by atoms with Gasteiger partial charge >= 0.3 is 0 Å². The number of hydrogen-bond donors (Lipinski definition) is 1. The first-order chi connectivity index (χ1) is 10.8. The van der Waals surface area contributed by atoms with E-state index in [4.69, 9.17) is 4.99 Å². The lowest BCUT2D eigenvalue weighted by molar-refractivity contribution is -0.111. The first-order valence-corrected chi connectivity index (χ1v) is 9.95. The molecule has 2 unspecified atom stereocenters. The number of rotatable bonds is 2. The molecule has 4 fully saturated rings. The number of para-hydroxylation sites is 1. The van der Waals surface area contributed by atoms with Crippen molar-refractivity contribution in [3.63, 3.8) is 0 Å². The highest BCUT2D eigenvalue weighted by molar-refractivity contribution is 14.1. The topological polar surface area (TPSA) is 24.4 Å². The minimum Gasteiger partial charge on any atom is -0.368 e. The average molecular weight is 422 g/mol. The van der Waals surface area contributed by atoms with Gasteiger partial charge in [0.25, 0.3) is 0 Å². The monoisotopic (exact) mass is 422 g/mol. The molecule has 5 rings (SSSR count). The van der Waals surface area contributed by atoms with Gasteiger partial charge in [-0.25, -0.2) is 4.99 Å². The minimum atomic E-state index is 0.288. The van der Waals surface area contributed by atoms with Crippen molar-refractivity contribution in [3.05, 3.63) is 27.8 Å². The van der Waals surface area contributed by atoms with Crippen LogP contribution in [0.25, 0.3) is 0 Å². The summed E-state index contributed by atoms with van der Waals surface area (Å²) in [7, 11) is 0. The SMILES string of the molecule is C/C(=N\c1ccccc1I)NC12CC3CC(C)(CC(C)(C3)C1)C2. The maximum absolute atomic E-state index is 4.88. The van der Waals surface area contributed by atoms with Crippen LogP contribution in [0.2, 0.25) is 0 Å². The predicted octanol–water partition coefficient (Wildman–Crippen LogP) is 5.68. The molecule has 0 saturated heterocycles. The Labute approximate surface area is 153 Å². The zero-order valence-corrected chi connectivity index (χ0v) is 16.6. The van der Waals surface area contributed by atoms with Gasteiger partial charge in [-0.15, -0.1) is 0 Å². The molecule has 3 heteroatoms. The van der Waals surface area contributed by atoms with E-state index in [0.29, 0.717) is 10.8 Å². The molecule has 4 bridgehead atoms. The Morgan fingerprint density at radius 1 is 1.09 bits per heavy atom. The minimum absolute atomic E-state index is 0.288. The fraction of sp³-hybridized carbons (Fsp3) is 0.650. The summed E-state index contributed by atoms with van der Waals surface area (Å²) in [5.74, 6) is 2.00. The van der Waals surface area contributed by atoms with Crippen LogP contribution >= 0.6 is 22.6 Å². The Kier molecular flexibility index (Phi) is 3.60. The molecule has 0 heterocycles. The van der Waals surface area contributed by atoms with Gasteiger partial charge in [-0.2, -0.15) is 0 Å². The molecule has 1 N–H and O–H groups in total. The van der Waals surface area contributed by atoms with Crippen LogP contribution in [-0.4, -0.2) is 11.4 Å². The van der Waals surface area contributed by atoms with Gasteiger partial charge in [-0.3, -0.25) is 0 Å². The van der Waals surface area contributed by atoms with Crippen LogP contribution < -0.4 is 5.32 Å². The van der Waals surface area contributed by atoms with Crippen LogP contribution in [0.15, 0.2) is 29.3 Å². The molecule has 0 amide bonds. The molecule has 0 spiro atoms. The van der Waals surface area contributed by atoms with Crippen LogP contribution in [0.5, 0.6) is 0 Å². The highest BCUT2D eigenvalue weighted by Crippen LogP contribution is 2.66. The summed E-state index contributed by atoms with van der Waals surface area (Å²) in [5.41, 5.74) is 2.46. The fourth-order valence-electron chi connectivity index (χ4n) is 6.72. The Bertz CT molecular complexity index is 647. The van der Waals surface area contributed by atoms with Gasteiger partial charge in [0.05, 0.1) is 11.5 Å². The molecule has 0 radical (unpaired) electrons. The highest BCUT2D eigenvalue weighted by atomic mass is 127. The van der Waals surface area contributed by atoms with Gasteiger partial charge < -0.3 is 5.32 Å². The van der Waals surface area contributed by atoms with Gasteiger partial charge in [-0.1, -0.05) is 26.0 Å². The molecule has 23 heavy (non-hydrogen) atoms. The molecule has 0 aliphatic heterocycles. The molecule has 1 aromatic rings. The number of halogens is 1. The van der Waals surface area contributed by atoms with Gasteiger partial charge in [0.15, 0.2) is 0 Å². The maximum Gasteiger partial charge on any atom is 0.0995 e. The first kappa shape index (κ1) is 15.9. The Morgan fingerprint density at radius 3 is 2.35 bits per heavy atom. The second kappa shape index (κ2) is 5.21. The van der Waals surface area contributed by atoms with Crippen molar-refractivity contribution in [1.82, 2.24) is 5.32 Å². The zero-order valence-electron chi connectivity index (χ0n) is 14.5. The number of nitrogens with one attached hydrogen (secondary N) is 1. The first-order valence-electron chi connectivity index (χ1n) is 8.87. The van der Waals surface area contributed by atoms with Crippen molar-refractivity contribution in [2.75, 3.05) is 0 Å². The quantitative estimate of drug-likeness (QED) is 0.370. The Balaban J connectivity index is 1.60. The zero-order chi connectivity index (χ0) is 16.3. The maximum atomic E-state index is 4.88. The van der Waals surface area contributed by atoms with E-state index in [9.17, 15) is 0 Å². The summed E-state index contributed by atoms with van der Waals surface area (Å²) in [5, 5.41) is 3.90. The molecule has 0 aromatic heterocycles. The van der Waals surface area contributed by atoms with Crippen LogP contribution in [0.3, 0.4) is 0 Å². The number of benzene rings is 1. The smallest absolute Gasteiger partial charge is 0.0995 e. The van der Waals surface area contributed by atoms with Crippen molar-refractivity contribution in [2.45, 2.75) is 64.8 Å². The Hall–Kier alpha value is -0.580. The van der Waals surface area contributed by atoms with E-state index in [2.05, 4.69) is 72.9 Å². The van der Waals surface area contributed by atoms with Crippen molar-refractivity contribution >= 4 is 34.1 Å². The van der Waals surface area contributed by atoms with E-state index in [-0.39, 0.29) is 5.54 Å². The van der Waals surface area contributed by atoms with Gasteiger partial charge in [0, 0.05) is 9.11 Å². The molecule has 4 saturated carbocycles. The van der Waals surface area contributed by atoms with Crippen LogP contribution in [0.1, 0.15) is 59.3 Å². The molecule has 4 aliphatic rings. The van der Waals surface area contributed by atoms with Crippen molar-refractivity contribution in [3.8, 4) is 0 Å². The number of amidine groups is 1. The van der Waals surface area contributed by atoms with Crippen LogP contribution in [0.4, 0.5) is 5.69 Å². The van der Waals surface area contributed by atoms with Gasteiger partial charge in [0.2, 0.25) is 0 Å². The second-order valence-corrected chi connectivity index (χ2v) is 10.3. The molecule has 124 valence electrons. The third-order valence-electron chi connectivity index (χ3n) is 6.21. The van der Waals surface area contributed by atoms with E-state index in [1.807, 2.05) is 0 Å². The lowest BCUT2D eigenvalue weighted by Gasteiger charge is -2.65. The molecule has 4 aliphatic carbocycles. The number of hydrogen-bond acceptors (Lipinski definition) is 1. The number of nitrogens with zero attached hydrogens (tertiary/aromatic N) is 1. The molecule has 2 atom stereocenters. The standard InChI is InChI=1S/C20H27IN2/c1-14(22-17-7-5-4-6-16(17)21)23-20-10-15-8-18(2,12-20)11-19(3,9-15)13-20/h4-7,15H,8-13H2,1-3H3,(H,22,23). The third-order valence-corrected chi connectivity index (χ3v) is 7.13. The van der Waals surface area contributed by atoms with E-state index < -0.39 is 0 Å². The van der Waals surface area contributed by atoms with Crippen LogP contribution in [-0.2, 0) is 0 Å². The van der Waals surface area contributed by atoms with E-state index in [0.717, 1.165) is 17.4 Å². The Morgan fingerprint density at radius 2 is 1.74 bits per heavy atom. The summed E-state index contributed by atoms with van der Waals surface area (Å²) < 4.78 is 1.22. The van der Waals surface area contributed by atoms with Crippen molar-refractivity contribution in [1.29, 1.82) is 0 Å². The summed E-state index contributed by atoms with van der Waals surface area (Å²) in [4.78, 5) is 4.88. The van der Waals surface area contributed by atoms with Gasteiger partial charge in [0.1, 0.15) is 0 Å². The lowest BCUT2D eigenvalue weighted by Crippen LogP contribution is -2.64. The van der Waals surface area contributed by atoms with Crippen molar-refractivity contribution < 1.29 is 0 Å². The molecular formula is C20H27IN2. The molecule has 1 aromatic carbocycles. The van der Waals surface area contributed by atoms with Crippen LogP contribution in [0, 0.1) is 20.3 Å². The van der Waals surface area contributed by atoms with E-state index >= 15 is 0 Å². The fourth-order valence-corrected chi connectivity index (χ4v) is 7.23. The summed E-state index contributed by atoms with van der Waals surface area (Å²) >= 11 is 2.37. The largest absolute Gasteiger partial charge is 0.368 e. The molecular weight excluding hydrogens is 395 g/mol.